The molecule has 248 valence electrons. The van der Waals surface area contributed by atoms with Gasteiger partial charge in [-0.05, 0) is 64.2 Å². The summed E-state index contributed by atoms with van der Waals surface area (Å²) in [7, 11) is 0. The van der Waals surface area contributed by atoms with Gasteiger partial charge in [-0.25, -0.2) is 0 Å². The Morgan fingerprint density at radius 2 is 0.857 bits per heavy atom. The van der Waals surface area contributed by atoms with Crippen LogP contribution in [0.3, 0.4) is 0 Å². The molecule has 0 fully saturated rings. The van der Waals surface area contributed by atoms with Crippen molar-refractivity contribution >= 4 is 11.9 Å². The van der Waals surface area contributed by atoms with Gasteiger partial charge in [-0.2, -0.15) is 0 Å². The molecule has 0 heterocycles. The minimum absolute atomic E-state index is 0.00685. The number of carboxylic acid groups (broad SMARTS) is 1. The molecule has 42 heavy (non-hydrogen) atoms. The maximum atomic E-state index is 12.6. The van der Waals surface area contributed by atoms with Crippen molar-refractivity contribution in [2.24, 2.45) is 0 Å². The number of rotatable bonds is 34. The maximum absolute atomic E-state index is 12.6. The summed E-state index contributed by atoms with van der Waals surface area (Å²) < 4.78 is 5.97. The molecule has 1 N–H and O–H groups in total. The number of allylic oxidation sites excluding steroid dienone is 2. The summed E-state index contributed by atoms with van der Waals surface area (Å²) in [5.41, 5.74) is 0. The monoisotopic (exact) mass is 593 g/mol. The zero-order valence-electron chi connectivity index (χ0n) is 28.3. The van der Waals surface area contributed by atoms with E-state index in [-0.39, 0.29) is 18.5 Å². The summed E-state index contributed by atoms with van der Waals surface area (Å²) in [5, 5.41) is 8.75. The molecule has 0 aliphatic heterocycles. The fourth-order valence-electron chi connectivity index (χ4n) is 5.71. The van der Waals surface area contributed by atoms with Crippen LogP contribution in [-0.2, 0) is 14.3 Å². The van der Waals surface area contributed by atoms with Gasteiger partial charge in [-0.1, -0.05) is 148 Å². The molecule has 0 spiro atoms. The molecule has 0 aliphatic carbocycles. The number of carbonyl (C=O) groups excluding carboxylic acids is 1. The Labute approximate surface area is 262 Å². The molecule has 4 heteroatoms. The van der Waals surface area contributed by atoms with Gasteiger partial charge in [0.05, 0.1) is 0 Å². The van der Waals surface area contributed by atoms with Gasteiger partial charge in [-0.15, -0.1) is 0 Å². The summed E-state index contributed by atoms with van der Waals surface area (Å²) in [5.74, 6) is -0.686. The van der Waals surface area contributed by atoms with Crippen molar-refractivity contribution in [1.29, 1.82) is 0 Å². The van der Waals surface area contributed by atoms with E-state index in [0.717, 1.165) is 70.6 Å². The van der Waals surface area contributed by atoms with Gasteiger partial charge in [0.25, 0.3) is 0 Å². The van der Waals surface area contributed by atoms with Crippen LogP contribution in [0.15, 0.2) is 12.2 Å². The molecular weight excluding hydrogens is 520 g/mol. The molecule has 0 aromatic rings. The zero-order chi connectivity index (χ0) is 30.8. The average molecular weight is 593 g/mol. The number of carbonyl (C=O) groups is 2. The van der Waals surface area contributed by atoms with Gasteiger partial charge in [0, 0.05) is 12.8 Å². The largest absolute Gasteiger partial charge is 0.481 e. The Kier molecular flexibility index (Phi) is 33.1. The maximum Gasteiger partial charge on any atom is 0.306 e. The summed E-state index contributed by atoms with van der Waals surface area (Å²) in [6, 6.07) is 0. The summed E-state index contributed by atoms with van der Waals surface area (Å²) in [6.07, 6.45) is 40.9. The van der Waals surface area contributed by atoms with Gasteiger partial charge in [0.15, 0.2) is 0 Å². The van der Waals surface area contributed by atoms with Crippen molar-refractivity contribution in [3.8, 4) is 0 Å². The predicted molar refractivity (Wildman–Crippen MR) is 181 cm³/mol. The van der Waals surface area contributed by atoms with E-state index in [1.54, 1.807) is 0 Å². The van der Waals surface area contributed by atoms with Crippen molar-refractivity contribution in [3.05, 3.63) is 12.2 Å². The Morgan fingerprint density at radius 1 is 0.500 bits per heavy atom. The van der Waals surface area contributed by atoms with Crippen LogP contribution >= 0.6 is 0 Å². The van der Waals surface area contributed by atoms with Crippen molar-refractivity contribution < 1.29 is 19.4 Å². The van der Waals surface area contributed by atoms with Crippen LogP contribution < -0.4 is 0 Å². The lowest BCUT2D eigenvalue weighted by atomic mass is 10.0. The molecule has 0 rings (SSSR count). The second-order valence-electron chi connectivity index (χ2n) is 12.8. The lowest BCUT2D eigenvalue weighted by Gasteiger charge is -2.18. The number of hydrogen-bond acceptors (Lipinski definition) is 3. The highest BCUT2D eigenvalue weighted by Crippen LogP contribution is 2.19. The molecule has 0 amide bonds. The highest BCUT2D eigenvalue weighted by atomic mass is 16.5. The summed E-state index contributed by atoms with van der Waals surface area (Å²) in [4.78, 5) is 23.2. The third kappa shape index (κ3) is 33.2. The normalized spacial score (nSPS) is 12.2. The number of esters is 1. The third-order valence-electron chi connectivity index (χ3n) is 8.49. The van der Waals surface area contributed by atoms with E-state index in [0.29, 0.717) is 6.42 Å². The van der Waals surface area contributed by atoms with Crippen LogP contribution in [0.25, 0.3) is 0 Å². The van der Waals surface area contributed by atoms with E-state index in [2.05, 4.69) is 26.0 Å². The second kappa shape index (κ2) is 34.2. The van der Waals surface area contributed by atoms with Crippen LogP contribution in [0.5, 0.6) is 0 Å². The van der Waals surface area contributed by atoms with Crippen LogP contribution in [0, 0.1) is 0 Å². The first-order chi connectivity index (χ1) is 20.6. The van der Waals surface area contributed by atoms with Gasteiger partial charge >= 0.3 is 11.9 Å². The zero-order valence-corrected chi connectivity index (χ0v) is 28.3. The van der Waals surface area contributed by atoms with Crippen molar-refractivity contribution in [2.45, 2.75) is 219 Å². The van der Waals surface area contributed by atoms with E-state index in [1.165, 1.54) is 116 Å². The molecule has 0 aromatic heterocycles. The van der Waals surface area contributed by atoms with Gasteiger partial charge < -0.3 is 9.84 Å². The van der Waals surface area contributed by atoms with Crippen molar-refractivity contribution in [2.75, 3.05) is 0 Å². The first-order valence-electron chi connectivity index (χ1n) is 18.7. The number of aliphatic carboxylic acids is 1. The van der Waals surface area contributed by atoms with E-state index < -0.39 is 5.97 Å². The average Bonchev–Trinajstić information content (AvgIpc) is 2.97. The Bertz CT molecular complexity index is 600. The van der Waals surface area contributed by atoms with Crippen LogP contribution in [0.1, 0.15) is 213 Å². The molecular formula is C38H72O4. The number of unbranched alkanes of at least 4 members (excludes halogenated alkanes) is 23. The van der Waals surface area contributed by atoms with E-state index >= 15 is 0 Å². The van der Waals surface area contributed by atoms with Crippen LogP contribution in [0.2, 0.25) is 0 Å². The summed E-state index contributed by atoms with van der Waals surface area (Å²) >= 11 is 0. The minimum atomic E-state index is -0.693. The number of hydrogen-bond donors (Lipinski definition) is 1. The van der Waals surface area contributed by atoms with Crippen molar-refractivity contribution in [3.63, 3.8) is 0 Å². The molecule has 0 saturated heterocycles. The number of ether oxygens (including phenoxy) is 1. The topological polar surface area (TPSA) is 63.6 Å². The molecule has 0 aliphatic rings. The highest BCUT2D eigenvalue weighted by molar-refractivity contribution is 5.69. The quantitative estimate of drug-likeness (QED) is 0.0458. The molecule has 1 atom stereocenters. The van der Waals surface area contributed by atoms with Crippen LogP contribution in [0.4, 0.5) is 0 Å². The van der Waals surface area contributed by atoms with Crippen LogP contribution in [-0.4, -0.2) is 23.1 Å². The van der Waals surface area contributed by atoms with Gasteiger partial charge in [0.2, 0.25) is 0 Å². The Hall–Kier alpha value is -1.32. The minimum Gasteiger partial charge on any atom is -0.481 e. The second-order valence-corrected chi connectivity index (χ2v) is 12.8. The molecule has 0 aromatic carbocycles. The van der Waals surface area contributed by atoms with E-state index in [1.807, 2.05) is 0 Å². The molecule has 4 nitrogen and oxygen atoms in total. The molecule has 0 radical (unpaired) electrons. The highest BCUT2D eigenvalue weighted by Gasteiger charge is 2.14. The fraction of sp³-hybridized carbons (Fsp3) is 0.895. The lowest BCUT2D eigenvalue weighted by Crippen LogP contribution is -2.18. The Balaban J connectivity index is 3.87. The van der Waals surface area contributed by atoms with Crippen molar-refractivity contribution in [1.82, 2.24) is 0 Å². The molecule has 0 saturated carbocycles. The SMILES string of the molecule is CCCCCCCC/C=C\CCCCCCCCCC(=O)OC(CCCCCCCC)CCCCCCCCC(=O)O. The fourth-order valence-corrected chi connectivity index (χ4v) is 5.71. The number of carboxylic acids is 1. The third-order valence-corrected chi connectivity index (χ3v) is 8.49. The first-order valence-corrected chi connectivity index (χ1v) is 18.7. The summed E-state index contributed by atoms with van der Waals surface area (Å²) in [6.45, 7) is 4.53. The standard InChI is InChI=1S/C38H72O4/c1-3-5-7-9-11-12-13-14-15-16-17-18-19-20-21-27-31-35-38(41)42-36(32-28-24-10-8-6-4-2)33-29-25-22-23-26-30-34-37(39)40/h14-15,36H,3-13,16-35H2,1-2H3,(H,39,40)/b15-14-. The van der Waals surface area contributed by atoms with E-state index in [4.69, 9.17) is 9.84 Å². The van der Waals surface area contributed by atoms with Gasteiger partial charge in [0.1, 0.15) is 6.10 Å². The predicted octanol–water partition coefficient (Wildman–Crippen LogP) is 12.7. The molecule has 1 unspecified atom stereocenters. The smallest absolute Gasteiger partial charge is 0.306 e. The van der Waals surface area contributed by atoms with Gasteiger partial charge in [-0.3, -0.25) is 9.59 Å². The van der Waals surface area contributed by atoms with E-state index in [9.17, 15) is 9.59 Å². The lowest BCUT2D eigenvalue weighted by molar-refractivity contribution is -0.150. The first kappa shape index (κ1) is 40.7. The Morgan fingerprint density at radius 3 is 1.29 bits per heavy atom. The molecule has 0 bridgehead atoms.